The minimum atomic E-state index is 0.276. The molecule has 0 fully saturated rings. The van der Waals surface area contributed by atoms with Crippen LogP contribution in [0.3, 0.4) is 0 Å². The Hall–Kier alpha value is -0.120. The van der Waals surface area contributed by atoms with Crippen LogP contribution in [0.5, 0.6) is 0 Å². The van der Waals surface area contributed by atoms with Crippen molar-refractivity contribution in [3.8, 4) is 0 Å². The van der Waals surface area contributed by atoms with E-state index >= 15 is 0 Å². The maximum Gasteiger partial charge on any atom is 0.0749 e. The highest BCUT2D eigenvalue weighted by molar-refractivity contribution is 9.11. The molecule has 2 rings (SSSR count). The number of rotatable bonds is 4. The Bertz CT molecular complexity index is 501. The van der Waals surface area contributed by atoms with Gasteiger partial charge in [-0.25, -0.2) is 0 Å². The molecule has 0 spiro atoms. The standard InChI is InChI=1S/C15H16Br2S/c1-3-10(2)11-4-6-12(7-5-11)14(17)15-13(16)8-9-18-15/h4-10,14H,3H2,1-2H3. The van der Waals surface area contributed by atoms with Crippen LogP contribution in [0.25, 0.3) is 0 Å². The molecule has 2 atom stereocenters. The molecule has 0 amide bonds. The first kappa shape index (κ1) is 14.3. The molecule has 3 heteroatoms. The summed E-state index contributed by atoms with van der Waals surface area (Å²) in [5.74, 6) is 0.640. The molecular formula is C15H16Br2S. The number of alkyl halides is 1. The lowest BCUT2D eigenvalue weighted by atomic mass is 9.97. The van der Waals surface area contributed by atoms with Crippen molar-refractivity contribution in [1.82, 2.24) is 0 Å². The summed E-state index contributed by atoms with van der Waals surface area (Å²) < 4.78 is 1.18. The Morgan fingerprint density at radius 1 is 1.11 bits per heavy atom. The van der Waals surface area contributed by atoms with Gasteiger partial charge in [0, 0.05) is 9.35 Å². The van der Waals surface area contributed by atoms with Gasteiger partial charge in [-0.15, -0.1) is 11.3 Å². The predicted molar refractivity (Wildman–Crippen MR) is 87.9 cm³/mol. The molecule has 2 aromatic rings. The first-order valence-corrected chi connectivity index (χ1v) is 8.69. The van der Waals surface area contributed by atoms with Gasteiger partial charge in [-0.3, -0.25) is 0 Å². The minimum Gasteiger partial charge on any atom is -0.146 e. The maximum atomic E-state index is 3.78. The van der Waals surface area contributed by atoms with Crippen LogP contribution < -0.4 is 0 Å². The van der Waals surface area contributed by atoms with Crippen LogP contribution in [0.2, 0.25) is 0 Å². The molecular weight excluding hydrogens is 372 g/mol. The van der Waals surface area contributed by atoms with Crippen molar-refractivity contribution < 1.29 is 0 Å². The molecule has 0 aliphatic rings. The topological polar surface area (TPSA) is 0 Å². The van der Waals surface area contributed by atoms with Crippen molar-refractivity contribution in [3.63, 3.8) is 0 Å². The lowest BCUT2D eigenvalue weighted by Crippen LogP contribution is -1.94. The van der Waals surface area contributed by atoms with E-state index in [1.54, 1.807) is 11.3 Å². The van der Waals surface area contributed by atoms with Crippen molar-refractivity contribution in [2.45, 2.75) is 31.0 Å². The van der Waals surface area contributed by atoms with Crippen LogP contribution in [0.1, 0.15) is 47.0 Å². The van der Waals surface area contributed by atoms with Gasteiger partial charge in [-0.05, 0) is 50.8 Å². The molecule has 0 bridgehead atoms. The van der Waals surface area contributed by atoms with Gasteiger partial charge < -0.3 is 0 Å². The van der Waals surface area contributed by atoms with E-state index in [-0.39, 0.29) is 4.83 Å². The van der Waals surface area contributed by atoms with Gasteiger partial charge in [0.2, 0.25) is 0 Å². The summed E-state index contributed by atoms with van der Waals surface area (Å²) in [4.78, 5) is 1.60. The third kappa shape index (κ3) is 3.06. The second kappa shape index (κ2) is 6.36. The van der Waals surface area contributed by atoms with Crippen LogP contribution in [0.15, 0.2) is 40.2 Å². The fraction of sp³-hybridized carbons (Fsp3) is 0.333. The fourth-order valence-electron chi connectivity index (χ4n) is 1.87. The van der Waals surface area contributed by atoms with Gasteiger partial charge in [-0.2, -0.15) is 0 Å². The Labute approximate surface area is 130 Å². The average molecular weight is 388 g/mol. The Kier molecular flexibility index (Phi) is 5.05. The Morgan fingerprint density at radius 3 is 2.22 bits per heavy atom. The van der Waals surface area contributed by atoms with Gasteiger partial charge in [0.1, 0.15) is 0 Å². The average Bonchev–Trinajstić information content (AvgIpc) is 2.83. The summed E-state index contributed by atoms with van der Waals surface area (Å²) in [5, 5.41) is 2.11. The SMILES string of the molecule is CCC(C)c1ccc(C(Br)c2sccc2Br)cc1. The predicted octanol–water partition coefficient (Wildman–Crippen LogP) is 6.51. The molecule has 0 N–H and O–H groups in total. The van der Waals surface area contributed by atoms with Crippen LogP contribution in [-0.4, -0.2) is 0 Å². The zero-order valence-corrected chi connectivity index (χ0v) is 14.5. The molecule has 96 valence electrons. The Balaban J connectivity index is 2.22. The number of thiophene rings is 1. The first-order valence-electron chi connectivity index (χ1n) is 6.10. The van der Waals surface area contributed by atoms with Crippen LogP contribution in [-0.2, 0) is 0 Å². The van der Waals surface area contributed by atoms with Gasteiger partial charge in [0.05, 0.1) is 4.83 Å². The molecule has 0 nitrogen and oxygen atoms in total. The molecule has 0 radical (unpaired) electrons. The molecule has 1 aromatic carbocycles. The van der Waals surface area contributed by atoms with Gasteiger partial charge >= 0.3 is 0 Å². The zero-order chi connectivity index (χ0) is 13.1. The molecule has 0 aliphatic heterocycles. The molecule has 2 unspecified atom stereocenters. The molecule has 0 saturated heterocycles. The normalized spacial score (nSPS) is 14.4. The smallest absolute Gasteiger partial charge is 0.0749 e. The summed E-state index contributed by atoms with van der Waals surface area (Å²) in [5.41, 5.74) is 2.73. The molecule has 0 aliphatic carbocycles. The van der Waals surface area contributed by atoms with E-state index in [1.165, 1.54) is 26.9 Å². The van der Waals surface area contributed by atoms with Crippen LogP contribution >= 0.6 is 43.2 Å². The van der Waals surface area contributed by atoms with E-state index in [9.17, 15) is 0 Å². The molecule has 0 saturated carbocycles. The van der Waals surface area contributed by atoms with E-state index in [0.717, 1.165) is 0 Å². The van der Waals surface area contributed by atoms with Crippen molar-refractivity contribution >= 4 is 43.2 Å². The summed E-state index contributed by atoms with van der Waals surface area (Å²) >= 11 is 9.15. The minimum absolute atomic E-state index is 0.276. The zero-order valence-electron chi connectivity index (χ0n) is 10.5. The monoisotopic (exact) mass is 386 g/mol. The number of benzene rings is 1. The largest absolute Gasteiger partial charge is 0.146 e. The third-order valence-electron chi connectivity index (χ3n) is 3.29. The van der Waals surface area contributed by atoms with Crippen LogP contribution in [0.4, 0.5) is 0 Å². The second-order valence-corrected chi connectivity index (χ2v) is 7.19. The number of hydrogen-bond donors (Lipinski definition) is 0. The number of hydrogen-bond acceptors (Lipinski definition) is 1. The summed E-state index contributed by atoms with van der Waals surface area (Å²) in [6.45, 7) is 4.51. The van der Waals surface area contributed by atoms with E-state index in [1.807, 2.05) is 0 Å². The summed E-state index contributed by atoms with van der Waals surface area (Å²) in [6, 6.07) is 11.1. The number of halogens is 2. The highest BCUT2D eigenvalue weighted by Gasteiger charge is 2.15. The van der Waals surface area contributed by atoms with E-state index < -0.39 is 0 Å². The lowest BCUT2D eigenvalue weighted by Gasteiger charge is -2.13. The fourth-order valence-corrected chi connectivity index (χ4v) is 4.65. The third-order valence-corrected chi connectivity index (χ3v) is 6.51. The maximum absolute atomic E-state index is 3.78. The Morgan fingerprint density at radius 2 is 1.72 bits per heavy atom. The van der Waals surface area contributed by atoms with E-state index in [0.29, 0.717) is 5.92 Å². The first-order chi connectivity index (χ1) is 8.63. The van der Waals surface area contributed by atoms with E-state index in [2.05, 4.69) is 81.4 Å². The van der Waals surface area contributed by atoms with E-state index in [4.69, 9.17) is 0 Å². The summed E-state index contributed by atoms with van der Waals surface area (Å²) in [6.07, 6.45) is 1.19. The summed E-state index contributed by atoms with van der Waals surface area (Å²) in [7, 11) is 0. The second-order valence-electron chi connectivity index (χ2n) is 4.47. The van der Waals surface area contributed by atoms with Gasteiger partial charge in [0.25, 0.3) is 0 Å². The van der Waals surface area contributed by atoms with Crippen molar-refractivity contribution in [1.29, 1.82) is 0 Å². The van der Waals surface area contributed by atoms with Crippen molar-refractivity contribution in [2.24, 2.45) is 0 Å². The molecule has 1 heterocycles. The van der Waals surface area contributed by atoms with Crippen molar-refractivity contribution in [2.75, 3.05) is 0 Å². The van der Waals surface area contributed by atoms with Crippen molar-refractivity contribution in [3.05, 3.63) is 56.2 Å². The van der Waals surface area contributed by atoms with Crippen LogP contribution in [0, 0.1) is 0 Å². The molecule has 18 heavy (non-hydrogen) atoms. The molecule has 1 aromatic heterocycles. The highest BCUT2D eigenvalue weighted by Crippen LogP contribution is 2.39. The van der Waals surface area contributed by atoms with Gasteiger partial charge in [0.15, 0.2) is 0 Å². The quantitative estimate of drug-likeness (QED) is 0.524. The lowest BCUT2D eigenvalue weighted by molar-refractivity contribution is 0.733. The highest BCUT2D eigenvalue weighted by atomic mass is 79.9. The van der Waals surface area contributed by atoms with Gasteiger partial charge in [-0.1, -0.05) is 54.0 Å².